The fourth-order valence-electron chi connectivity index (χ4n) is 0.999. The molecule has 1 aromatic heterocycles. The van der Waals surface area contributed by atoms with Crippen molar-refractivity contribution in [2.75, 3.05) is 0 Å². The molecule has 1 heterocycles. The van der Waals surface area contributed by atoms with Crippen molar-refractivity contribution in [3.63, 3.8) is 0 Å². The molecule has 0 bridgehead atoms. The van der Waals surface area contributed by atoms with Crippen LogP contribution in [0.15, 0.2) is 24.3 Å². The molecular weight excluding hydrogens is 207 g/mol. The van der Waals surface area contributed by atoms with Gasteiger partial charge < -0.3 is 0 Å². The van der Waals surface area contributed by atoms with Crippen LogP contribution in [0.25, 0.3) is 11.4 Å². The summed E-state index contributed by atoms with van der Waals surface area (Å²) < 4.78 is 12.5. The number of tetrazole rings is 1. The van der Waals surface area contributed by atoms with Gasteiger partial charge in [-0.25, -0.2) is 4.39 Å². The zero-order chi connectivity index (χ0) is 12.0. The molecule has 0 fully saturated rings. The summed E-state index contributed by atoms with van der Waals surface area (Å²) in [6, 6.07) is 5.97. The number of rotatable bonds is 1. The Bertz CT molecular complexity index is 422. The van der Waals surface area contributed by atoms with Gasteiger partial charge in [-0.1, -0.05) is 20.3 Å². The van der Waals surface area contributed by atoms with E-state index >= 15 is 0 Å². The van der Waals surface area contributed by atoms with E-state index in [9.17, 15) is 4.39 Å². The third-order valence-corrected chi connectivity index (χ3v) is 1.61. The summed E-state index contributed by atoms with van der Waals surface area (Å²) in [5, 5.41) is 11.5. The molecule has 5 heteroatoms. The van der Waals surface area contributed by atoms with Crippen LogP contribution in [0.5, 0.6) is 0 Å². The Hall–Kier alpha value is -1.78. The lowest BCUT2D eigenvalue weighted by Gasteiger charge is -1.92. The van der Waals surface area contributed by atoms with Gasteiger partial charge in [-0.2, -0.15) is 4.80 Å². The molecule has 16 heavy (non-hydrogen) atoms. The highest BCUT2D eigenvalue weighted by atomic mass is 19.1. The Morgan fingerprint density at radius 3 is 2.19 bits per heavy atom. The van der Waals surface area contributed by atoms with Crippen LogP contribution in [0, 0.1) is 5.82 Å². The highest BCUT2D eigenvalue weighted by Gasteiger charge is 2.02. The lowest BCUT2D eigenvalue weighted by molar-refractivity contribution is 0.627. The fourth-order valence-corrected chi connectivity index (χ4v) is 0.999. The lowest BCUT2D eigenvalue weighted by atomic mass is 10.2. The molecule has 0 N–H and O–H groups in total. The summed E-state index contributed by atoms with van der Waals surface area (Å²) in [6.45, 7) is 4.25. The van der Waals surface area contributed by atoms with Gasteiger partial charge in [-0.05, 0) is 29.5 Å². The molecule has 0 spiro atoms. The second-order valence-corrected chi connectivity index (χ2v) is 3.32. The van der Waals surface area contributed by atoms with Crippen LogP contribution in [0.3, 0.4) is 0 Å². The quantitative estimate of drug-likeness (QED) is 0.744. The molecule has 0 aliphatic rings. The van der Waals surface area contributed by atoms with Gasteiger partial charge in [0.25, 0.3) is 0 Å². The molecule has 4 nitrogen and oxygen atoms in total. The highest BCUT2D eigenvalue weighted by Crippen LogP contribution is 2.12. The van der Waals surface area contributed by atoms with E-state index in [0.29, 0.717) is 5.82 Å². The molecule has 0 amide bonds. The average Bonchev–Trinajstić information content (AvgIpc) is 2.67. The molecule has 0 saturated carbocycles. The predicted octanol–water partition coefficient (Wildman–Crippen LogP) is 2.43. The van der Waals surface area contributed by atoms with Gasteiger partial charge >= 0.3 is 0 Å². The van der Waals surface area contributed by atoms with Crippen LogP contribution in [0.4, 0.5) is 4.39 Å². The van der Waals surface area contributed by atoms with E-state index in [0.717, 1.165) is 5.56 Å². The number of hydrogen-bond donors (Lipinski definition) is 0. The Morgan fingerprint density at radius 2 is 1.75 bits per heavy atom. The zero-order valence-corrected chi connectivity index (χ0v) is 9.68. The third-order valence-electron chi connectivity index (χ3n) is 1.61. The van der Waals surface area contributed by atoms with Gasteiger partial charge in [-0.15, -0.1) is 10.2 Å². The van der Waals surface area contributed by atoms with Crippen molar-refractivity contribution in [2.24, 2.45) is 7.05 Å². The SMILES string of the molecule is CCC.Cn1nnc(-c2ccc(F)cc2)n1. The normalized spacial score (nSPS) is 9.50. The first-order valence-corrected chi connectivity index (χ1v) is 5.17. The Kier molecular flexibility index (Phi) is 4.57. The Balaban J connectivity index is 0.000000386. The maximum absolute atomic E-state index is 12.5. The lowest BCUT2D eigenvalue weighted by Crippen LogP contribution is -1.91. The van der Waals surface area contributed by atoms with Crippen LogP contribution < -0.4 is 0 Å². The van der Waals surface area contributed by atoms with E-state index < -0.39 is 0 Å². The maximum Gasteiger partial charge on any atom is 0.204 e. The van der Waals surface area contributed by atoms with Gasteiger partial charge in [0, 0.05) is 5.56 Å². The topological polar surface area (TPSA) is 43.6 Å². The van der Waals surface area contributed by atoms with Crippen molar-refractivity contribution >= 4 is 0 Å². The highest BCUT2D eigenvalue weighted by molar-refractivity contribution is 5.53. The van der Waals surface area contributed by atoms with Crippen LogP contribution in [0.2, 0.25) is 0 Å². The number of benzene rings is 1. The molecule has 2 rings (SSSR count). The number of nitrogens with zero attached hydrogens (tertiary/aromatic N) is 4. The van der Waals surface area contributed by atoms with Gasteiger partial charge in [0.2, 0.25) is 5.82 Å². The van der Waals surface area contributed by atoms with Crippen molar-refractivity contribution in [3.05, 3.63) is 30.1 Å². The zero-order valence-electron chi connectivity index (χ0n) is 9.68. The molecule has 0 aliphatic heterocycles. The van der Waals surface area contributed by atoms with Gasteiger partial charge in [-0.3, -0.25) is 0 Å². The molecule has 0 aliphatic carbocycles. The second-order valence-electron chi connectivity index (χ2n) is 3.32. The minimum atomic E-state index is -0.271. The standard InChI is InChI=1S/C8H7FN4.C3H8/c1-13-11-8(10-12-13)6-2-4-7(9)5-3-6;1-3-2/h2-5H,1H3;3H2,1-2H3. The number of aryl methyl sites for hydroxylation is 1. The molecule has 0 radical (unpaired) electrons. The maximum atomic E-state index is 12.5. The van der Waals surface area contributed by atoms with Crippen LogP contribution in [-0.4, -0.2) is 20.2 Å². The first-order valence-electron chi connectivity index (χ1n) is 5.17. The van der Waals surface area contributed by atoms with E-state index in [-0.39, 0.29) is 5.82 Å². The first-order chi connectivity index (χ1) is 7.67. The fraction of sp³-hybridized carbons (Fsp3) is 0.364. The van der Waals surface area contributed by atoms with Crippen molar-refractivity contribution in [3.8, 4) is 11.4 Å². The summed E-state index contributed by atoms with van der Waals surface area (Å²) in [6.07, 6.45) is 1.25. The van der Waals surface area contributed by atoms with Crippen LogP contribution >= 0.6 is 0 Å². The summed E-state index contributed by atoms with van der Waals surface area (Å²) in [4.78, 5) is 1.36. The number of halogens is 1. The van der Waals surface area contributed by atoms with Crippen molar-refractivity contribution in [1.29, 1.82) is 0 Å². The number of hydrogen-bond acceptors (Lipinski definition) is 3. The molecule has 86 valence electrons. The first kappa shape index (κ1) is 12.3. The molecule has 0 atom stereocenters. The molecule has 0 unspecified atom stereocenters. The van der Waals surface area contributed by atoms with Gasteiger partial charge in [0.1, 0.15) is 5.82 Å². The van der Waals surface area contributed by atoms with Gasteiger partial charge in [0.15, 0.2) is 0 Å². The Morgan fingerprint density at radius 1 is 1.19 bits per heavy atom. The monoisotopic (exact) mass is 222 g/mol. The average molecular weight is 222 g/mol. The minimum Gasteiger partial charge on any atom is -0.207 e. The molecule has 2 aromatic rings. The third kappa shape index (κ3) is 3.42. The van der Waals surface area contributed by atoms with Gasteiger partial charge in [0.05, 0.1) is 7.05 Å². The van der Waals surface area contributed by atoms with Crippen molar-refractivity contribution < 1.29 is 4.39 Å². The molecule has 1 aromatic carbocycles. The number of aromatic nitrogens is 4. The molecular formula is C11H15FN4. The van der Waals surface area contributed by atoms with E-state index in [1.165, 1.54) is 23.4 Å². The van der Waals surface area contributed by atoms with Crippen LogP contribution in [0.1, 0.15) is 20.3 Å². The van der Waals surface area contributed by atoms with E-state index in [1.54, 1.807) is 19.2 Å². The van der Waals surface area contributed by atoms with E-state index in [1.807, 2.05) is 0 Å². The summed E-state index contributed by atoms with van der Waals surface area (Å²) >= 11 is 0. The van der Waals surface area contributed by atoms with Crippen molar-refractivity contribution in [1.82, 2.24) is 20.2 Å². The largest absolute Gasteiger partial charge is 0.207 e. The van der Waals surface area contributed by atoms with E-state index in [4.69, 9.17) is 0 Å². The summed E-state index contributed by atoms with van der Waals surface area (Å²) in [5.74, 6) is 0.232. The Labute approximate surface area is 94.1 Å². The van der Waals surface area contributed by atoms with E-state index in [2.05, 4.69) is 29.3 Å². The summed E-state index contributed by atoms with van der Waals surface area (Å²) in [5.41, 5.74) is 0.759. The minimum absolute atomic E-state index is 0.271. The second kappa shape index (κ2) is 5.95. The van der Waals surface area contributed by atoms with Crippen molar-refractivity contribution in [2.45, 2.75) is 20.3 Å². The molecule has 0 saturated heterocycles. The predicted molar refractivity (Wildman–Crippen MR) is 60.2 cm³/mol. The van der Waals surface area contributed by atoms with Crippen LogP contribution in [-0.2, 0) is 7.05 Å². The summed E-state index contributed by atoms with van der Waals surface area (Å²) in [7, 11) is 1.68. The smallest absolute Gasteiger partial charge is 0.204 e.